The number of halogens is 4. The maximum absolute atomic E-state index is 15.8. The van der Waals surface area contributed by atoms with Gasteiger partial charge in [-0.25, -0.2) is 25.6 Å². The van der Waals surface area contributed by atoms with E-state index < -0.39 is 46.3 Å². The van der Waals surface area contributed by atoms with E-state index in [1.807, 2.05) is 158 Å². The van der Waals surface area contributed by atoms with Gasteiger partial charge >= 0.3 is 15.0 Å². The molecule has 8 heterocycles. The van der Waals surface area contributed by atoms with Crippen LogP contribution in [0, 0.1) is 57.5 Å². The Kier molecular flexibility index (Phi) is 33.5. The molecule has 6 aliphatic heterocycles. The number of rotatable bonds is 34. The Bertz CT molecular complexity index is 6530. The van der Waals surface area contributed by atoms with Crippen LogP contribution in [0.4, 0.5) is 54.3 Å². The molecule has 0 aliphatic carbocycles. The van der Waals surface area contributed by atoms with Gasteiger partial charge in [0.15, 0.2) is 19.7 Å². The Hall–Kier alpha value is -10.4. The van der Waals surface area contributed by atoms with Crippen LogP contribution in [-0.4, -0.2) is 214 Å². The van der Waals surface area contributed by atoms with Crippen LogP contribution in [0.2, 0.25) is 10.0 Å². The average molecular weight is 2110 g/mol. The van der Waals surface area contributed by atoms with E-state index in [1.165, 1.54) is 48.9 Å². The molecule has 6 fully saturated rings. The van der Waals surface area contributed by atoms with Gasteiger partial charge in [0.25, 0.3) is 11.4 Å². The van der Waals surface area contributed by atoms with E-state index in [1.54, 1.807) is 95.2 Å². The lowest BCUT2D eigenvalue weighted by Gasteiger charge is -2.37. The molecule has 0 saturated carbocycles. The molecule has 18 rings (SSSR count). The van der Waals surface area contributed by atoms with Gasteiger partial charge in [0.1, 0.15) is 11.6 Å². The van der Waals surface area contributed by atoms with E-state index in [4.69, 9.17) is 41.7 Å². The Morgan fingerprint density at radius 3 is 1.06 bits per heavy atom. The highest BCUT2D eigenvalue weighted by Crippen LogP contribution is 2.58. The van der Waals surface area contributed by atoms with Crippen LogP contribution in [0.3, 0.4) is 0 Å². The third-order valence-corrected chi connectivity index (χ3v) is 38.3. The quantitative estimate of drug-likeness (QED) is 0.0157. The minimum absolute atomic E-state index is 0.0510. The summed E-state index contributed by atoms with van der Waals surface area (Å²) in [5, 5.41) is 27.1. The van der Waals surface area contributed by atoms with E-state index in [2.05, 4.69) is 53.7 Å². The second kappa shape index (κ2) is 45.9. The van der Waals surface area contributed by atoms with E-state index >= 15 is 8.78 Å². The van der Waals surface area contributed by atoms with Crippen molar-refractivity contribution in [3.63, 3.8) is 0 Å². The Balaban J connectivity index is 0.000000198. The highest BCUT2D eigenvalue weighted by atomic mass is 35.5. The first-order valence-corrected chi connectivity index (χ1v) is 58.6. The molecule has 12 aromatic rings. The number of thioether (sulfide) groups is 2. The molecule has 0 unspecified atom stereocenters. The Morgan fingerprint density at radius 2 is 0.736 bits per heavy atom. The lowest BCUT2D eigenvalue weighted by molar-refractivity contribution is -0.385. The SMILES string of the molecule is Cc1c(S(C)(=O)=O)c(-c2cc(F)cc(N3CCN(c4ccc(N5CCO[P@@]5(=O)c5ccc(C[C@H](CCN6CCOCC6)CSc6ccccc6)c([N+](=O)[O-])c5)cc4)CC3)c2)c(-c2ccc(Cl)cc2)n1C(C)C.Cc1c(S(C)(=O)=O)c(-c2cc(F)cc(N3CCN(c4ccc(N5CCO[P@]5(=O)c5ccc(C[C@H](CCN6CCOCC6)CSc6ccccc6)c([N+](=O)[O-])c5)cc4)CC3)c2)c(-c2ccc(Cl)cc2)n1C(C)C. The maximum atomic E-state index is 15.8. The number of piperazine rings is 2. The summed E-state index contributed by atoms with van der Waals surface area (Å²) in [4.78, 5) is 40.9. The third kappa shape index (κ3) is 24.0. The van der Waals surface area contributed by atoms with Gasteiger partial charge in [-0.1, -0.05) is 96.0 Å². The Morgan fingerprint density at radius 1 is 0.403 bits per heavy atom. The molecule has 0 spiro atoms. The molecule has 26 nitrogen and oxygen atoms in total. The molecule has 36 heteroatoms. The van der Waals surface area contributed by atoms with E-state index in [0.717, 1.165) is 95.9 Å². The number of nitrogens with zero attached hydrogens (tertiary/aromatic N) is 12. The van der Waals surface area contributed by atoms with Crippen LogP contribution in [0.5, 0.6) is 0 Å². The van der Waals surface area contributed by atoms with Crippen LogP contribution in [-0.2, 0) is 60.2 Å². The van der Waals surface area contributed by atoms with Gasteiger partial charge in [0.05, 0.1) is 94.4 Å². The summed E-state index contributed by atoms with van der Waals surface area (Å²) < 4.78 is 146. The first kappa shape index (κ1) is 105. The molecule has 6 saturated heterocycles. The summed E-state index contributed by atoms with van der Waals surface area (Å²) in [5.41, 5.74) is 11.7. The molecule has 0 radical (unpaired) electrons. The van der Waals surface area contributed by atoms with Crippen molar-refractivity contribution in [2.45, 2.75) is 98.9 Å². The largest absolute Gasteiger partial charge is 0.379 e. The minimum atomic E-state index is -3.75. The second-order valence-electron chi connectivity index (χ2n) is 38.1. The van der Waals surface area contributed by atoms with Crippen LogP contribution in [0.15, 0.2) is 250 Å². The number of aromatic nitrogens is 2. The van der Waals surface area contributed by atoms with Crippen molar-refractivity contribution in [2.75, 3.05) is 197 Å². The Labute approximate surface area is 861 Å². The molecule has 144 heavy (non-hydrogen) atoms. The van der Waals surface area contributed by atoms with Gasteiger partial charge < -0.3 is 47.3 Å². The molecule has 6 aliphatic rings. The van der Waals surface area contributed by atoms with Crippen molar-refractivity contribution in [2.24, 2.45) is 11.8 Å². The lowest BCUT2D eigenvalue weighted by atomic mass is 9.96. The van der Waals surface area contributed by atoms with Crippen molar-refractivity contribution in [1.82, 2.24) is 18.9 Å². The highest BCUT2D eigenvalue weighted by molar-refractivity contribution is 7.99. The first-order chi connectivity index (χ1) is 69.1. The summed E-state index contributed by atoms with van der Waals surface area (Å²) in [6.07, 6.45) is 5.18. The van der Waals surface area contributed by atoms with Gasteiger partial charge in [-0.3, -0.25) is 48.5 Å². The highest BCUT2D eigenvalue weighted by Gasteiger charge is 2.44. The fourth-order valence-corrected chi connectivity index (χ4v) is 30.1. The van der Waals surface area contributed by atoms with Crippen molar-refractivity contribution in [3.8, 4) is 44.8 Å². The zero-order valence-electron chi connectivity index (χ0n) is 82.2. The zero-order chi connectivity index (χ0) is 101. The summed E-state index contributed by atoms with van der Waals surface area (Å²) >= 11 is 16.1. The fraction of sp³-hybridized carbons (Fsp3) is 0.370. The second-order valence-corrected chi connectivity index (χ2v) is 49.7. The minimum Gasteiger partial charge on any atom is -0.379 e. The summed E-state index contributed by atoms with van der Waals surface area (Å²) in [7, 11) is -14.9. The summed E-state index contributed by atoms with van der Waals surface area (Å²) in [6, 6.07) is 69.8. The van der Waals surface area contributed by atoms with Crippen molar-refractivity contribution in [3.05, 3.63) is 295 Å². The van der Waals surface area contributed by atoms with Crippen LogP contribution in [0.25, 0.3) is 44.8 Å². The third-order valence-electron chi connectivity index (χ3n) is 27.8. The number of sulfone groups is 2. The van der Waals surface area contributed by atoms with E-state index in [9.17, 15) is 46.2 Å². The number of nitro benzene ring substituents is 2. The predicted octanol–water partition coefficient (Wildman–Crippen LogP) is 22.3. The van der Waals surface area contributed by atoms with Crippen molar-refractivity contribution < 1.29 is 63.1 Å². The fourth-order valence-electron chi connectivity index (χ4n) is 20.8. The standard InChI is InChI=1S/2C54H61ClFN6O7PS2/c2*1-38(2)61-39(3)54(72(4,66)67)52(53(61)41-10-13-44(55)14-11-41)43-33-45(56)35-48(34-43)59-24-22-58(23-25-59)46-15-17-47(18-16-46)60-28-31-69-70(60,65)49-19-12-42(51(36-49)62(63)64)32-40(20-21-57-26-29-68-30-27-57)37-71-50-8-6-5-7-9-50/h2*5-19,33-36,38,40H,20-32,37H2,1-4H3/t40-,70+;40-,70-/m00/s1. The maximum Gasteiger partial charge on any atom is 0.326 e. The smallest absolute Gasteiger partial charge is 0.326 e. The van der Waals surface area contributed by atoms with Crippen LogP contribution in [0.1, 0.15) is 75.1 Å². The zero-order valence-corrected chi connectivity index (χ0v) is 88.7. The first-order valence-electron chi connectivity index (χ1n) is 48.9. The van der Waals surface area contributed by atoms with Gasteiger partial charge in [-0.2, -0.15) is 0 Å². The molecule has 760 valence electrons. The van der Waals surface area contributed by atoms with Crippen LogP contribution >= 0.6 is 61.8 Å². The number of hydrogen-bond donors (Lipinski definition) is 0. The molecule has 0 bridgehead atoms. The molecule has 2 aromatic heterocycles. The number of hydrogen-bond acceptors (Lipinski definition) is 22. The van der Waals surface area contributed by atoms with E-state index in [0.29, 0.717) is 204 Å². The monoisotopic (exact) mass is 2110 g/mol. The number of anilines is 6. The molecule has 0 N–H and O–H groups in total. The summed E-state index contributed by atoms with van der Waals surface area (Å²) in [5.74, 6) is 1.00. The van der Waals surface area contributed by atoms with Gasteiger partial charge in [0.2, 0.25) is 0 Å². The average Bonchev–Trinajstić information content (AvgIpc) is 1.58. The number of ether oxygens (including phenoxy) is 2. The van der Waals surface area contributed by atoms with Crippen molar-refractivity contribution >= 4 is 138 Å². The number of morpholine rings is 2. The van der Waals surface area contributed by atoms with Crippen molar-refractivity contribution in [1.29, 1.82) is 0 Å². The molecule has 10 aromatic carbocycles. The molecule has 0 amide bonds. The number of nitro groups is 2. The predicted molar refractivity (Wildman–Crippen MR) is 578 cm³/mol. The molecule has 4 atom stereocenters. The lowest BCUT2D eigenvalue weighted by Crippen LogP contribution is -2.46. The van der Waals surface area contributed by atoms with Gasteiger partial charge in [-0.05, 0) is 260 Å². The van der Waals surface area contributed by atoms with E-state index in [-0.39, 0.29) is 68.1 Å². The molecular formula is C108H122Cl2F2N12O14P2S4. The van der Waals surface area contributed by atoms with Gasteiger partial charge in [0, 0.05) is 214 Å². The topological polar surface area (TPSA) is 261 Å². The van der Waals surface area contributed by atoms with Gasteiger partial charge in [-0.15, -0.1) is 23.5 Å². The summed E-state index contributed by atoms with van der Waals surface area (Å²) in [6.45, 7) is 25.6. The normalized spacial score (nSPS) is 18.3. The molecular weight excluding hydrogens is 1990 g/mol. The number of benzene rings is 10. The van der Waals surface area contributed by atoms with Crippen LogP contribution < -0.4 is 39.5 Å².